The highest BCUT2D eigenvalue weighted by Crippen LogP contribution is 2.40. The fraction of sp³-hybridized carbons (Fsp3) is 0.538. The highest BCUT2D eigenvalue weighted by molar-refractivity contribution is 9.11. The average Bonchev–Trinajstić information content (AvgIpc) is 2.36. The van der Waals surface area contributed by atoms with Gasteiger partial charge in [-0.2, -0.15) is 0 Å². The molecule has 0 heterocycles. The molecule has 0 atom stereocenters. The van der Waals surface area contributed by atoms with Gasteiger partial charge in [-0.25, -0.2) is 0 Å². The summed E-state index contributed by atoms with van der Waals surface area (Å²) in [5.41, 5.74) is 7.56. The first-order chi connectivity index (χ1) is 9.29. The van der Waals surface area contributed by atoms with E-state index in [-0.39, 0.29) is 12.1 Å². The fourth-order valence-electron chi connectivity index (χ4n) is 2.46. The molecule has 0 radical (unpaired) electrons. The van der Waals surface area contributed by atoms with Gasteiger partial charge in [0, 0.05) is 20.6 Å². The molecule has 20 heavy (non-hydrogen) atoms. The van der Waals surface area contributed by atoms with Crippen molar-refractivity contribution in [3.63, 3.8) is 0 Å². The minimum Gasteiger partial charge on any atom is -0.397 e. The topological polar surface area (TPSA) is 58.3 Å². The number of hydrogen-bond donors (Lipinski definition) is 5. The van der Waals surface area contributed by atoms with Gasteiger partial charge in [0.25, 0.3) is 0 Å². The standard InChI is InChI=1S/C13H18Br2N2OS2/c14-7-5-10(12(16)11(15)6-7)13(19,20)17-8-1-3-9(18)4-2-8/h5-6,8-9,17-20H,1-4,16H2/t8-,9-. The van der Waals surface area contributed by atoms with Crippen LogP contribution in [-0.4, -0.2) is 17.3 Å². The van der Waals surface area contributed by atoms with Crippen LogP contribution in [0.4, 0.5) is 5.69 Å². The Morgan fingerprint density at radius 1 is 1.20 bits per heavy atom. The van der Waals surface area contributed by atoms with Gasteiger partial charge < -0.3 is 10.8 Å². The van der Waals surface area contributed by atoms with Crippen molar-refractivity contribution in [2.24, 2.45) is 0 Å². The Hall–Kier alpha value is 0.600. The molecule has 0 aromatic heterocycles. The molecule has 7 heteroatoms. The van der Waals surface area contributed by atoms with Crippen LogP contribution in [0.25, 0.3) is 0 Å². The zero-order valence-electron chi connectivity index (χ0n) is 10.8. The van der Waals surface area contributed by atoms with Crippen molar-refractivity contribution in [2.75, 3.05) is 5.73 Å². The fourth-order valence-corrected chi connectivity index (χ4v) is 4.42. The first kappa shape index (κ1) is 17.0. The van der Waals surface area contributed by atoms with Crippen LogP contribution >= 0.6 is 57.1 Å². The van der Waals surface area contributed by atoms with Crippen LogP contribution in [0.3, 0.4) is 0 Å². The molecule has 1 aliphatic carbocycles. The molecule has 1 aliphatic rings. The normalized spacial score (nSPS) is 23.9. The first-order valence-electron chi connectivity index (χ1n) is 6.45. The maximum Gasteiger partial charge on any atom is 0.134 e. The predicted octanol–water partition coefficient (Wildman–Crippen LogP) is 3.66. The van der Waals surface area contributed by atoms with E-state index in [1.807, 2.05) is 12.1 Å². The second-order valence-electron chi connectivity index (χ2n) is 5.17. The highest BCUT2D eigenvalue weighted by Gasteiger charge is 2.31. The summed E-state index contributed by atoms with van der Waals surface area (Å²) < 4.78 is 0.917. The number of aliphatic hydroxyl groups is 1. The van der Waals surface area contributed by atoms with Crippen LogP contribution in [0.5, 0.6) is 0 Å². The van der Waals surface area contributed by atoms with Crippen LogP contribution in [-0.2, 0) is 4.20 Å². The lowest BCUT2D eigenvalue weighted by atomic mass is 9.93. The SMILES string of the molecule is Nc1c(Br)cc(Br)cc1C(S)(S)N[C@H]1CC[C@H](O)CC1. The van der Waals surface area contributed by atoms with Gasteiger partial charge in [0.05, 0.1) is 11.8 Å². The Morgan fingerprint density at radius 3 is 2.40 bits per heavy atom. The number of benzene rings is 1. The van der Waals surface area contributed by atoms with Crippen LogP contribution < -0.4 is 11.1 Å². The number of aliphatic hydroxyl groups excluding tert-OH is 1. The van der Waals surface area contributed by atoms with Crippen LogP contribution in [0.2, 0.25) is 0 Å². The molecule has 1 aromatic rings. The minimum atomic E-state index is -0.816. The third-order valence-electron chi connectivity index (χ3n) is 3.57. The lowest BCUT2D eigenvalue weighted by Crippen LogP contribution is -2.43. The summed E-state index contributed by atoms with van der Waals surface area (Å²) in [7, 11) is 0. The van der Waals surface area contributed by atoms with E-state index in [1.54, 1.807) is 0 Å². The molecule has 0 saturated heterocycles. The monoisotopic (exact) mass is 440 g/mol. The molecule has 0 amide bonds. The minimum absolute atomic E-state index is 0.174. The Balaban J connectivity index is 2.18. The predicted molar refractivity (Wildman–Crippen MR) is 97.3 cm³/mol. The van der Waals surface area contributed by atoms with Gasteiger partial charge in [0.2, 0.25) is 0 Å². The van der Waals surface area contributed by atoms with Crippen molar-refractivity contribution >= 4 is 62.8 Å². The quantitative estimate of drug-likeness (QED) is 0.282. The first-order valence-corrected chi connectivity index (χ1v) is 8.93. The van der Waals surface area contributed by atoms with E-state index in [0.717, 1.165) is 40.2 Å². The number of nitrogens with one attached hydrogen (secondary N) is 1. The second kappa shape index (κ2) is 6.79. The molecule has 1 aromatic carbocycles. The van der Waals surface area contributed by atoms with Gasteiger partial charge in [-0.15, -0.1) is 25.3 Å². The average molecular weight is 442 g/mol. The van der Waals surface area contributed by atoms with Crippen LogP contribution in [0.15, 0.2) is 21.1 Å². The van der Waals surface area contributed by atoms with Crippen LogP contribution in [0.1, 0.15) is 31.2 Å². The lowest BCUT2D eigenvalue weighted by Gasteiger charge is -2.34. The number of thiol groups is 2. The van der Waals surface area contributed by atoms with Crippen molar-refractivity contribution in [1.29, 1.82) is 0 Å². The van der Waals surface area contributed by atoms with Crippen molar-refractivity contribution in [3.8, 4) is 0 Å². The Bertz CT molecular complexity index is 492. The number of hydrogen-bond acceptors (Lipinski definition) is 5. The summed E-state index contributed by atoms with van der Waals surface area (Å²) in [6, 6.07) is 4.10. The summed E-state index contributed by atoms with van der Waals surface area (Å²) in [4.78, 5) is 0. The van der Waals surface area contributed by atoms with E-state index in [4.69, 9.17) is 5.73 Å². The van der Waals surface area contributed by atoms with E-state index >= 15 is 0 Å². The zero-order valence-corrected chi connectivity index (χ0v) is 15.8. The molecule has 0 spiro atoms. The number of halogens is 2. The maximum atomic E-state index is 9.56. The summed E-state index contributed by atoms with van der Waals surface area (Å²) in [5, 5.41) is 13.0. The Labute approximate surface area is 147 Å². The van der Waals surface area contributed by atoms with E-state index in [9.17, 15) is 5.11 Å². The largest absolute Gasteiger partial charge is 0.397 e. The van der Waals surface area contributed by atoms with Crippen molar-refractivity contribution < 1.29 is 5.11 Å². The van der Waals surface area contributed by atoms with E-state index < -0.39 is 4.20 Å². The highest BCUT2D eigenvalue weighted by atomic mass is 79.9. The summed E-state index contributed by atoms with van der Waals surface area (Å²) in [6.07, 6.45) is 3.28. The smallest absolute Gasteiger partial charge is 0.134 e. The molecule has 0 bridgehead atoms. The van der Waals surface area contributed by atoms with E-state index in [2.05, 4.69) is 62.4 Å². The van der Waals surface area contributed by atoms with Crippen molar-refractivity contribution in [2.45, 2.75) is 42.0 Å². The van der Waals surface area contributed by atoms with Gasteiger partial charge in [-0.05, 0) is 53.7 Å². The third kappa shape index (κ3) is 4.08. The Morgan fingerprint density at radius 2 is 1.80 bits per heavy atom. The molecular formula is C13H18Br2N2OS2. The van der Waals surface area contributed by atoms with Gasteiger partial charge in [0.15, 0.2) is 0 Å². The van der Waals surface area contributed by atoms with Gasteiger partial charge >= 0.3 is 0 Å². The van der Waals surface area contributed by atoms with E-state index in [1.165, 1.54) is 0 Å². The Kier molecular flexibility index (Phi) is 5.76. The molecule has 3 nitrogen and oxygen atoms in total. The number of anilines is 1. The van der Waals surface area contributed by atoms with E-state index in [0.29, 0.717) is 5.69 Å². The molecule has 1 fully saturated rings. The summed E-state index contributed by atoms with van der Waals surface area (Å²) in [5.74, 6) is 0. The molecule has 2 rings (SSSR count). The number of nitrogens with two attached hydrogens (primary N) is 1. The number of rotatable bonds is 3. The lowest BCUT2D eigenvalue weighted by molar-refractivity contribution is 0.115. The number of nitrogen functional groups attached to an aromatic ring is 1. The van der Waals surface area contributed by atoms with Gasteiger partial charge in [-0.1, -0.05) is 15.9 Å². The molecule has 0 unspecified atom stereocenters. The second-order valence-corrected chi connectivity index (χ2v) is 8.64. The molecule has 1 saturated carbocycles. The van der Waals surface area contributed by atoms with Gasteiger partial charge in [-0.3, -0.25) is 5.32 Å². The third-order valence-corrected chi connectivity index (χ3v) is 5.43. The van der Waals surface area contributed by atoms with Crippen molar-refractivity contribution in [1.82, 2.24) is 5.32 Å². The zero-order chi connectivity index (χ0) is 14.9. The van der Waals surface area contributed by atoms with Crippen molar-refractivity contribution in [3.05, 3.63) is 26.6 Å². The van der Waals surface area contributed by atoms with Gasteiger partial charge in [0.1, 0.15) is 4.20 Å². The molecule has 112 valence electrons. The van der Waals surface area contributed by atoms with Crippen LogP contribution in [0, 0.1) is 0 Å². The molecule has 0 aliphatic heterocycles. The summed E-state index contributed by atoms with van der Waals surface area (Å²) >= 11 is 16.2. The molecule has 4 N–H and O–H groups in total. The summed E-state index contributed by atoms with van der Waals surface area (Å²) in [6.45, 7) is 0. The molecular weight excluding hydrogens is 424 g/mol. The maximum absolute atomic E-state index is 9.56.